The highest BCUT2D eigenvalue weighted by Crippen LogP contribution is 2.37. The minimum absolute atomic E-state index is 0.137. The number of hydrogen-bond donors (Lipinski definition) is 1. The van der Waals surface area contributed by atoms with Crippen molar-refractivity contribution in [2.75, 3.05) is 7.11 Å². The minimum atomic E-state index is -0.695. The molecule has 0 spiro atoms. The normalized spacial score (nSPS) is 25.7. The highest BCUT2D eigenvalue weighted by Gasteiger charge is 2.47. The van der Waals surface area contributed by atoms with Crippen LogP contribution in [0.25, 0.3) is 0 Å². The second-order valence-electron chi connectivity index (χ2n) is 6.11. The number of aliphatic hydroxyl groups is 1. The Balaban J connectivity index is 1.76. The molecule has 1 N–H and O–H groups in total. The molecule has 1 aliphatic heterocycles. The topological polar surface area (TPSA) is 76.1 Å². The molecule has 0 bridgehead atoms. The number of nitrogens with zero attached hydrogens (tertiary/aromatic N) is 1. The highest BCUT2D eigenvalue weighted by molar-refractivity contribution is 5.83. The Hall–Kier alpha value is -2.34. The Morgan fingerprint density at radius 1 is 1.29 bits per heavy atom. The van der Waals surface area contributed by atoms with Gasteiger partial charge in [0.05, 0.1) is 19.3 Å². The molecule has 1 aliphatic carbocycles. The maximum Gasteiger partial charge on any atom is 0.411 e. The zero-order valence-electron chi connectivity index (χ0n) is 13.6. The molecular weight excluding hydrogens is 310 g/mol. The van der Waals surface area contributed by atoms with Gasteiger partial charge in [0.15, 0.2) is 0 Å². The summed E-state index contributed by atoms with van der Waals surface area (Å²) in [6, 6.07) is 8.36. The van der Waals surface area contributed by atoms with Crippen LogP contribution in [0.4, 0.5) is 4.79 Å². The molecule has 3 rings (SSSR count). The standard InChI is InChI=1S/C18H21NO5/c1-23-17(21)16-9-13-7-8-14(20)10-15(13)19(16)18(22)24-11-12-5-3-2-4-6-12/h2-7,14-16,20H,8-11H2,1H3/t14-,15+,16-/m0/s1. The quantitative estimate of drug-likeness (QED) is 0.677. The van der Waals surface area contributed by atoms with Crippen LogP contribution in [0.3, 0.4) is 0 Å². The van der Waals surface area contributed by atoms with E-state index in [-0.39, 0.29) is 12.6 Å². The van der Waals surface area contributed by atoms with Crippen LogP contribution < -0.4 is 0 Å². The molecule has 128 valence electrons. The summed E-state index contributed by atoms with van der Waals surface area (Å²) in [5.74, 6) is -0.462. The van der Waals surface area contributed by atoms with Gasteiger partial charge in [-0.2, -0.15) is 0 Å². The van der Waals surface area contributed by atoms with Gasteiger partial charge >= 0.3 is 12.1 Å². The molecule has 1 amide bonds. The summed E-state index contributed by atoms with van der Waals surface area (Å²) in [4.78, 5) is 26.1. The van der Waals surface area contributed by atoms with Gasteiger partial charge in [-0.15, -0.1) is 0 Å². The van der Waals surface area contributed by atoms with Crippen molar-refractivity contribution >= 4 is 12.1 Å². The molecule has 0 radical (unpaired) electrons. The van der Waals surface area contributed by atoms with E-state index in [1.807, 2.05) is 36.4 Å². The summed E-state index contributed by atoms with van der Waals surface area (Å²) < 4.78 is 10.2. The molecule has 6 heteroatoms. The maximum atomic E-state index is 12.6. The summed E-state index contributed by atoms with van der Waals surface area (Å²) in [6.07, 6.45) is 2.24. The number of ether oxygens (including phenoxy) is 2. The van der Waals surface area contributed by atoms with Gasteiger partial charge in [0.1, 0.15) is 12.6 Å². The Morgan fingerprint density at radius 3 is 2.75 bits per heavy atom. The SMILES string of the molecule is COC(=O)[C@@H]1CC2=CC[C@H](O)C[C@H]2N1C(=O)OCc1ccccc1. The maximum absolute atomic E-state index is 12.6. The number of rotatable bonds is 3. The van der Waals surface area contributed by atoms with Crippen LogP contribution in [0.2, 0.25) is 0 Å². The van der Waals surface area contributed by atoms with Crippen LogP contribution in [0.15, 0.2) is 42.0 Å². The van der Waals surface area contributed by atoms with Gasteiger partial charge in [-0.3, -0.25) is 4.90 Å². The second kappa shape index (κ2) is 7.05. The lowest BCUT2D eigenvalue weighted by Crippen LogP contribution is -2.47. The second-order valence-corrected chi connectivity index (χ2v) is 6.11. The third-order valence-corrected chi connectivity index (χ3v) is 4.57. The van der Waals surface area contributed by atoms with E-state index in [0.717, 1.165) is 11.1 Å². The zero-order chi connectivity index (χ0) is 17.1. The summed E-state index contributed by atoms with van der Waals surface area (Å²) in [6.45, 7) is 0.137. The van der Waals surface area contributed by atoms with Crippen molar-refractivity contribution in [1.29, 1.82) is 0 Å². The van der Waals surface area contributed by atoms with E-state index >= 15 is 0 Å². The van der Waals surface area contributed by atoms with Crippen LogP contribution in [-0.4, -0.2) is 47.4 Å². The predicted octanol–water partition coefficient (Wildman–Crippen LogP) is 2.02. The first kappa shape index (κ1) is 16.5. The van der Waals surface area contributed by atoms with Gasteiger partial charge in [0, 0.05) is 6.42 Å². The van der Waals surface area contributed by atoms with Crippen molar-refractivity contribution in [3.8, 4) is 0 Å². The fourth-order valence-corrected chi connectivity index (χ4v) is 3.36. The van der Waals surface area contributed by atoms with Crippen molar-refractivity contribution in [2.24, 2.45) is 0 Å². The molecule has 2 aliphatic rings. The number of hydrogen-bond acceptors (Lipinski definition) is 5. The lowest BCUT2D eigenvalue weighted by Gasteiger charge is -2.31. The molecule has 0 unspecified atom stereocenters. The molecule has 1 heterocycles. The number of carbonyl (C=O) groups is 2. The fraction of sp³-hybridized carbons (Fsp3) is 0.444. The molecule has 3 atom stereocenters. The molecular formula is C18H21NO5. The third kappa shape index (κ3) is 3.28. The van der Waals surface area contributed by atoms with Crippen LogP contribution in [0.5, 0.6) is 0 Å². The number of methoxy groups -OCH3 is 1. The van der Waals surface area contributed by atoms with E-state index in [2.05, 4.69) is 0 Å². The first-order chi connectivity index (χ1) is 11.6. The number of benzene rings is 1. The predicted molar refractivity (Wildman–Crippen MR) is 86.0 cm³/mol. The van der Waals surface area contributed by atoms with Crippen molar-refractivity contribution in [3.63, 3.8) is 0 Å². The fourth-order valence-electron chi connectivity index (χ4n) is 3.36. The number of carbonyl (C=O) groups excluding carboxylic acids is 2. The first-order valence-corrected chi connectivity index (χ1v) is 8.04. The number of aliphatic hydroxyl groups excluding tert-OH is 1. The zero-order valence-corrected chi connectivity index (χ0v) is 13.6. The summed E-state index contributed by atoms with van der Waals surface area (Å²) in [5, 5.41) is 9.91. The summed E-state index contributed by atoms with van der Waals surface area (Å²) in [5.41, 5.74) is 1.87. The average molecular weight is 331 g/mol. The summed E-state index contributed by atoms with van der Waals surface area (Å²) >= 11 is 0. The molecule has 1 fully saturated rings. The monoisotopic (exact) mass is 331 g/mol. The van der Waals surface area contributed by atoms with Gasteiger partial charge in [0.2, 0.25) is 0 Å². The molecule has 0 aromatic heterocycles. The molecule has 1 saturated heterocycles. The number of fused-ring (bicyclic) bond motifs is 1. The average Bonchev–Trinajstić information content (AvgIpc) is 2.98. The van der Waals surface area contributed by atoms with E-state index in [1.165, 1.54) is 12.0 Å². The molecule has 24 heavy (non-hydrogen) atoms. The Bertz CT molecular complexity index is 640. The van der Waals surface area contributed by atoms with Crippen molar-refractivity contribution < 1.29 is 24.2 Å². The first-order valence-electron chi connectivity index (χ1n) is 8.04. The third-order valence-electron chi connectivity index (χ3n) is 4.57. The van der Waals surface area contributed by atoms with E-state index < -0.39 is 24.2 Å². The lowest BCUT2D eigenvalue weighted by atomic mass is 9.92. The number of esters is 1. The van der Waals surface area contributed by atoms with Crippen LogP contribution in [0.1, 0.15) is 24.8 Å². The van der Waals surface area contributed by atoms with Crippen molar-refractivity contribution in [1.82, 2.24) is 4.90 Å². The Kier molecular flexibility index (Phi) is 4.85. The van der Waals surface area contributed by atoms with Crippen LogP contribution >= 0.6 is 0 Å². The van der Waals surface area contributed by atoms with Crippen LogP contribution in [-0.2, 0) is 20.9 Å². The molecule has 1 aromatic carbocycles. The van der Waals surface area contributed by atoms with Gasteiger partial charge in [-0.1, -0.05) is 36.4 Å². The van der Waals surface area contributed by atoms with Gasteiger partial charge in [-0.25, -0.2) is 9.59 Å². The smallest absolute Gasteiger partial charge is 0.411 e. The van der Waals surface area contributed by atoms with Gasteiger partial charge < -0.3 is 14.6 Å². The number of likely N-dealkylation sites (tertiary alicyclic amines) is 1. The Labute approximate surface area is 140 Å². The summed E-state index contributed by atoms with van der Waals surface area (Å²) in [7, 11) is 1.31. The molecule has 6 nitrogen and oxygen atoms in total. The van der Waals surface area contributed by atoms with Gasteiger partial charge in [-0.05, 0) is 24.0 Å². The highest BCUT2D eigenvalue weighted by atomic mass is 16.6. The van der Waals surface area contributed by atoms with E-state index in [4.69, 9.17) is 9.47 Å². The number of amides is 1. The lowest BCUT2D eigenvalue weighted by molar-refractivity contribution is -0.146. The largest absolute Gasteiger partial charge is 0.467 e. The van der Waals surface area contributed by atoms with Gasteiger partial charge in [0.25, 0.3) is 0 Å². The molecule has 0 saturated carbocycles. The van der Waals surface area contributed by atoms with Crippen LogP contribution in [0, 0.1) is 0 Å². The van der Waals surface area contributed by atoms with Crippen molar-refractivity contribution in [2.45, 2.75) is 44.1 Å². The van der Waals surface area contributed by atoms with E-state index in [0.29, 0.717) is 19.3 Å². The van der Waals surface area contributed by atoms with E-state index in [9.17, 15) is 14.7 Å². The molecule has 1 aromatic rings. The Morgan fingerprint density at radius 2 is 2.04 bits per heavy atom. The van der Waals surface area contributed by atoms with E-state index in [1.54, 1.807) is 0 Å². The van der Waals surface area contributed by atoms with Crippen molar-refractivity contribution in [3.05, 3.63) is 47.5 Å². The minimum Gasteiger partial charge on any atom is -0.467 e.